The van der Waals surface area contributed by atoms with E-state index < -0.39 is 0 Å². The highest BCUT2D eigenvalue weighted by atomic mass is 32.2. The number of nitrogens with one attached hydrogen (secondary N) is 1. The monoisotopic (exact) mass is 336 g/mol. The zero-order valence-corrected chi connectivity index (χ0v) is 14.5. The highest BCUT2D eigenvalue weighted by Gasteiger charge is 2.18. The standard InChI is InChI=1S/C15H20N4OS2/c1-3-11-13(19(8-16-11)9-21-2)7-22-15-17-12-6-4-5-10(12)14(20)18-15/h8H,3-7,9H2,1-2H3,(H,17,18,20). The second-order valence-electron chi connectivity index (χ2n) is 5.32. The van der Waals surface area contributed by atoms with Crippen molar-refractivity contribution >= 4 is 23.5 Å². The molecule has 0 fully saturated rings. The van der Waals surface area contributed by atoms with Crippen LogP contribution in [0.2, 0.25) is 0 Å². The molecule has 0 spiro atoms. The molecule has 5 nitrogen and oxygen atoms in total. The van der Waals surface area contributed by atoms with Crippen molar-refractivity contribution in [2.75, 3.05) is 6.26 Å². The average molecular weight is 336 g/mol. The van der Waals surface area contributed by atoms with Gasteiger partial charge in [-0.1, -0.05) is 18.7 Å². The number of imidazole rings is 1. The normalized spacial score (nSPS) is 13.5. The summed E-state index contributed by atoms with van der Waals surface area (Å²) in [4.78, 5) is 24.1. The Morgan fingerprint density at radius 2 is 2.27 bits per heavy atom. The number of nitrogens with zero attached hydrogens (tertiary/aromatic N) is 3. The lowest BCUT2D eigenvalue weighted by Crippen LogP contribution is -2.15. The Morgan fingerprint density at radius 3 is 3.05 bits per heavy atom. The second-order valence-corrected chi connectivity index (χ2v) is 7.12. The molecule has 7 heteroatoms. The summed E-state index contributed by atoms with van der Waals surface area (Å²) >= 11 is 3.36. The number of thioether (sulfide) groups is 2. The largest absolute Gasteiger partial charge is 0.324 e. The number of aromatic nitrogens is 4. The molecule has 3 rings (SSSR count). The van der Waals surface area contributed by atoms with Crippen LogP contribution in [0.5, 0.6) is 0 Å². The third-order valence-electron chi connectivity index (χ3n) is 3.90. The van der Waals surface area contributed by atoms with E-state index in [0.29, 0.717) is 0 Å². The van der Waals surface area contributed by atoms with Gasteiger partial charge in [0.1, 0.15) is 0 Å². The van der Waals surface area contributed by atoms with Gasteiger partial charge in [0.05, 0.1) is 29.3 Å². The molecule has 0 saturated carbocycles. The molecule has 1 N–H and O–H groups in total. The van der Waals surface area contributed by atoms with E-state index in [1.165, 1.54) is 5.69 Å². The fourth-order valence-electron chi connectivity index (χ4n) is 2.79. The average Bonchev–Trinajstić information content (AvgIpc) is 3.12. The van der Waals surface area contributed by atoms with Crippen LogP contribution in [0, 0.1) is 0 Å². The van der Waals surface area contributed by atoms with Crippen LogP contribution in [0.4, 0.5) is 0 Å². The van der Waals surface area contributed by atoms with Crippen molar-refractivity contribution in [1.29, 1.82) is 0 Å². The zero-order valence-electron chi connectivity index (χ0n) is 12.9. The number of aromatic amines is 1. The quantitative estimate of drug-likeness (QED) is 0.649. The van der Waals surface area contributed by atoms with Gasteiger partial charge in [0.15, 0.2) is 5.16 Å². The first-order chi connectivity index (χ1) is 10.7. The number of fused-ring (bicyclic) bond motifs is 1. The van der Waals surface area contributed by atoms with Crippen LogP contribution in [-0.4, -0.2) is 25.8 Å². The van der Waals surface area contributed by atoms with Crippen LogP contribution in [-0.2, 0) is 30.9 Å². The van der Waals surface area contributed by atoms with Crippen molar-refractivity contribution in [3.05, 3.63) is 39.3 Å². The number of hydrogen-bond donors (Lipinski definition) is 1. The Hall–Kier alpha value is -1.21. The van der Waals surface area contributed by atoms with Crippen LogP contribution in [0.3, 0.4) is 0 Å². The molecule has 2 heterocycles. The molecule has 2 aromatic rings. The van der Waals surface area contributed by atoms with Gasteiger partial charge in [0, 0.05) is 11.3 Å². The second kappa shape index (κ2) is 6.91. The molecule has 0 amide bonds. The molecule has 0 atom stereocenters. The first kappa shape index (κ1) is 15.7. The molecule has 0 saturated heterocycles. The minimum Gasteiger partial charge on any atom is -0.324 e. The van der Waals surface area contributed by atoms with E-state index in [2.05, 4.69) is 32.7 Å². The number of aryl methyl sites for hydroxylation is 2. The first-order valence-corrected chi connectivity index (χ1v) is 9.87. The van der Waals surface area contributed by atoms with Gasteiger partial charge in [-0.15, -0.1) is 11.8 Å². The maximum absolute atomic E-state index is 12.1. The third kappa shape index (κ3) is 3.10. The van der Waals surface area contributed by atoms with Crippen LogP contribution in [0.25, 0.3) is 0 Å². The Balaban J connectivity index is 1.79. The van der Waals surface area contributed by atoms with Gasteiger partial charge >= 0.3 is 0 Å². The minimum atomic E-state index is 0.0401. The molecule has 1 aliphatic rings. The Kier molecular flexibility index (Phi) is 4.93. The van der Waals surface area contributed by atoms with E-state index >= 15 is 0 Å². The molecule has 22 heavy (non-hydrogen) atoms. The molecule has 0 unspecified atom stereocenters. The molecular formula is C15H20N4OS2. The molecule has 1 aliphatic carbocycles. The Morgan fingerprint density at radius 1 is 1.41 bits per heavy atom. The van der Waals surface area contributed by atoms with E-state index in [0.717, 1.165) is 59.4 Å². The smallest absolute Gasteiger partial charge is 0.254 e. The zero-order chi connectivity index (χ0) is 15.5. The van der Waals surface area contributed by atoms with Gasteiger partial charge < -0.3 is 9.55 Å². The lowest BCUT2D eigenvalue weighted by atomic mass is 10.3. The summed E-state index contributed by atoms with van der Waals surface area (Å²) in [6, 6.07) is 0. The predicted molar refractivity (Wildman–Crippen MR) is 91.6 cm³/mol. The third-order valence-corrected chi connectivity index (χ3v) is 5.32. The maximum Gasteiger partial charge on any atom is 0.254 e. The van der Waals surface area contributed by atoms with Crippen LogP contribution < -0.4 is 5.56 Å². The highest BCUT2D eigenvalue weighted by molar-refractivity contribution is 7.98. The van der Waals surface area contributed by atoms with Crippen LogP contribution in [0.15, 0.2) is 16.3 Å². The maximum atomic E-state index is 12.1. The van der Waals surface area contributed by atoms with Crippen molar-refractivity contribution < 1.29 is 0 Å². The van der Waals surface area contributed by atoms with Crippen molar-refractivity contribution in [2.45, 2.75) is 49.4 Å². The predicted octanol–water partition coefficient (Wildman–Crippen LogP) is 2.63. The van der Waals surface area contributed by atoms with Gasteiger partial charge in [0.2, 0.25) is 0 Å². The summed E-state index contributed by atoms with van der Waals surface area (Å²) < 4.78 is 2.18. The van der Waals surface area contributed by atoms with Crippen molar-refractivity contribution in [2.24, 2.45) is 0 Å². The molecule has 0 aromatic carbocycles. The molecule has 0 bridgehead atoms. The van der Waals surface area contributed by atoms with E-state index in [1.807, 2.05) is 6.33 Å². The van der Waals surface area contributed by atoms with Gasteiger partial charge in [-0.05, 0) is 31.9 Å². The molecule has 2 aromatic heterocycles. The van der Waals surface area contributed by atoms with E-state index in [9.17, 15) is 4.79 Å². The van der Waals surface area contributed by atoms with E-state index in [-0.39, 0.29) is 5.56 Å². The molecule has 118 valence electrons. The van der Waals surface area contributed by atoms with Gasteiger partial charge in [0.25, 0.3) is 5.56 Å². The lowest BCUT2D eigenvalue weighted by Gasteiger charge is -2.08. The summed E-state index contributed by atoms with van der Waals surface area (Å²) in [6.07, 6.45) is 7.75. The summed E-state index contributed by atoms with van der Waals surface area (Å²) in [7, 11) is 0. The van der Waals surface area contributed by atoms with Gasteiger partial charge in [-0.3, -0.25) is 4.79 Å². The number of hydrogen-bond acceptors (Lipinski definition) is 5. The Bertz CT molecular complexity index is 723. The minimum absolute atomic E-state index is 0.0401. The van der Waals surface area contributed by atoms with Gasteiger partial charge in [-0.25, -0.2) is 9.97 Å². The summed E-state index contributed by atoms with van der Waals surface area (Å²) in [5.74, 6) is 1.68. The first-order valence-electron chi connectivity index (χ1n) is 7.49. The number of rotatable bonds is 6. The molecule has 0 radical (unpaired) electrons. The van der Waals surface area contributed by atoms with Crippen molar-refractivity contribution in [3.8, 4) is 0 Å². The topological polar surface area (TPSA) is 63.6 Å². The SMILES string of the molecule is CCc1ncn(CSC)c1CSc1nc2c(c(=O)[nH]1)CCC2. The van der Waals surface area contributed by atoms with Crippen LogP contribution >= 0.6 is 23.5 Å². The molecular weight excluding hydrogens is 316 g/mol. The summed E-state index contributed by atoms with van der Waals surface area (Å²) in [6.45, 7) is 2.12. The lowest BCUT2D eigenvalue weighted by molar-refractivity contribution is 0.836. The molecule has 0 aliphatic heterocycles. The highest BCUT2D eigenvalue weighted by Crippen LogP contribution is 2.24. The fourth-order valence-corrected chi connectivity index (χ4v) is 4.23. The Labute approximate surface area is 138 Å². The van der Waals surface area contributed by atoms with E-state index in [1.54, 1.807) is 23.5 Å². The van der Waals surface area contributed by atoms with E-state index in [4.69, 9.17) is 0 Å². The fraction of sp³-hybridized carbons (Fsp3) is 0.533. The summed E-state index contributed by atoms with van der Waals surface area (Å²) in [5, 5.41) is 0.726. The van der Waals surface area contributed by atoms with Crippen LogP contribution in [0.1, 0.15) is 36.0 Å². The van der Waals surface area contributed by atoms with Crippen molar-refractivity contribution in [3.63, 3.8) is 0 Å². The van der Waals surface area contributed by atoms with Gasteiger partial charge in [-0.2, -0.15) is 0 Å². The van der Waals surface area contributed by atoms with Crippen molar-refractivity contribution in [1.82, 2.24) is 19.5 Å². The number of H-pyrrole nitrogens is 1. The summed E-state index contributed by atoms with van der Waals surface area (Å²) in [5.41, 5.74) is 4.26.